The average Bonchev–Trinajstić information content (AvgIpc) is 1.30. The van der Waals surface area contributed by atoms with Crippen molar-refractivity contribution in [3.63, 3.8) is 0 Å². The molecule has 12 aliphatic heterocycles. The largest absolute Gasteiger partial charge is 0.502 e. The van der Waals surface area contributed by atoms with Crippen LogP contribution in [0.25, 0.3) is 43.4 Å². The minimum Gasteiger partial charge on any atom is -0.502 e. The number of anilines is 2. The average molecular weight is 2150 g/mol. The number of thiazole rings is 2. The molecule has 30 nitrogen and oxygen atoms in total. The molecule has 764 valence electrons. The lowest BCUT2D eigenvalue weighted by molar-refractivity contribution is -0.0197. The van der Waals surface area contributed by atoms with Crippen LogP contribution < -0.4 is 51.6 Å². The quantitative estimate of drug-likeness (QED) is 0.119. The van der Waals surface area contributed by atoms with Gasteiger partial charge in [-0.1, -0.05) is 109 Å². The Hall–Kier alpha value is -14.5. The number of carbonyl (C=O) groups excluding carboxylic acids is 4. The molecule has 10 atom stereocenters. The molecular weight excluding hydrogens is 2070 g/mol. The van der Waals surface area contributed by atoms with Gasteiger partial charge in [-0.25, -0.2) is 45.1 Å². The van der Waals surface area contributed by atoms with Gasteiger partial charge in [0.15, 0.2) is 92.3 Å². The predicted octanol–water partition coefficient (Wildman–Crippen LogP) is 14.3. The summed E-state index contributed by atoms with van der Waals surface area (Å²) in [5.74, 6) is -6.55. The van der Waals surface area contributed by atoms with Crippen LogP contribution in [0.2, 0.25) is 0 Å². The molecular formula is C106H84F8N16O14S6. The van der Waals surface area contributed by atoms with Crippen molar-refractivity contribution < 1.29 is 84.2 Å². The second kappa shape index (κ2) is 37.9. The topological polar surface area (TPSA) is 314 Å². The number of aromatic hydroxyl groups is 4. The molecule has 8 aromatic carbocycles. The first-order valence-corrected chi connectivity index (χ1v) is 54.6. The summed E-state index contributed by atoms with van der Waals surface area (Å²) in [6.45, 7) is 3.61. The van der Waals surface area contributed by atoms with Crippen LogP contribution in [0.15, 0.2) is 225 Å². The Morgan fingerprint density at radius 3 is 0.973 bits per heavy atom. The third-order valence-electron chi connectivity index (χ3n) is 30.1. The summed E-state index contributed by atoms with van der Waals surface area (Å²) in [6.07, 6.45) is 3.67. The molecule has 6 unspecified atom stereocenters. The number of benzene rings is 8. The molecule has 4 N–H and O–H groups in total. The van der Waals surface area contributed by atoms with E-state index in [2.05, 4.69) is 19.8 Å². The SMILES string of the molecule is O=C1c2c(O)c(=O)ccn2N(C2c3ccccc3-c3scnc3-c3c2ccc(F)c3F)C2CSCCN12.O=C1c2c(O)c(=O)ccn2N(C2c3ccccc3N3CCSCC3c3c2ccc(F)c3F)C2COCCN12.O=C1c2c(O)c(=O)ccn2N([C@@H]2c3ccccc3-c3scnc3-c3c2ccc(F)c3F)[C@@H]2CSCCN12.O=C1c2c(O)c(=O)ccn2N([C@@H]2c3ccccc3N3CCSCC3c3c2ccc(F)c3F)[C@@H]2COCCN12. The highest BCUT2D eigenvalue weighted by Gasteiger charge is 2.55. The highest BCUT2D eigenvalue weighted by molar-refractivity contribution is 8.00. The van der Waals surface area contributed by atoms with Gasteiger partial charge in [0.1, 0.15) is 36.7 Å². The van der Waals surface area contributed by atoms with Crippen LogP contribution in [0.1, 0.15) is 134 Å². The van der Waals surface area contributed by atoms with Gasteiger partial charge >= 0.3 is 0 Å². The molecule has 44 heteroatoms. The van der Waals surface area contributed by atoms with Crippen molar-refractivity contribution in [1.82, 2.24) is 48.3 Å². The summed E-state index contributed by atoms with van der Waals surface area (Å²) in [7, 11) is 0. The van der Waals surface area contributed by atoms with Crippen LogP contribution in [-0.2, 0) is 9.47 Å². The molecule has 14 aromatic rings. The minimum absolute atomic E-state index is 0.0659. The van der Waals surface area contributed by atoms with Crippen molar-refractivity contribution in [3.8, 4) is 66.4 Å². The summed E-state index contributed by atoms with van der Waals surface area (Å²) in [5.41, 5.74) is 10.2. The number of para-hydroxylation sites is 2. The van der Waals surface area contributed by atoms with Crippen molar-refractivity contribution in [3.05, 3.63) is 372 Å². The number of thioether (sulfide) groups is 4. The molecule has 150 heavy (non-hydrogen) atoms. The minimum atomic E-state index is -0.992. The van der Waals surface area contributed by atoms with Crippen LogP contribution in [0.5, 0.6) is 23.0 Å². The lowest BCUT2D eigenvalue weighted by Crippen LogP contribution is -2.66. The molecule has 28 rings (SSSR count). The summed E-state index contributed by atoms with van der Waals surface area (Å²) >= 11 is 9.45. The first kappa shape index (κ1) is 96.3. The number of morpholine rings is 2. The Morgan fingerprint density at radius 1 is 0.307 bits per heavy atom. The predicted molar refractivity (Wildman–Crippen MR) is 552 cm³/mol. The fraction of sp³-hybridized carbons (Fsp3) is 0.264. The normalized spacial score (nSPS) is 22.0. The fourth-order valence-corrected chi connectivity index (χ4v) is 29.5. The maximum absolute atomic E-state index is 15.8. The monoisotopic (exact) mass is 2150 g/mol. The number of aromatic nitrogens is 6. The summed E-state index contributed by atoms with van der Waals surface area (Å²) < 4.78 is 139. The van der Waals surface area contributed by atoms with Gasteiger partial charge in [0.25, 0.3) is 23.6 Å². The first-order chi connectivity index (χ1) is 72.9. The maximum atomic E-state index is 15.8. The van der Waals surface area contributed by atoms with E-state index in [4.69, 9.17) is 9.47 Å². The van der Waals surface area contributed by atoms with Gasteiger partial charge in [-0.15, -0.1) is 22.7 Å². The van der Waals surface area contributed by atoms with Crippen molar-refractivity contribution >= 4 is 105 Å². The second-order valence-electron chi connectivity index (χ2n) is 37.5. The van der Waals surface area contributed by atoms with E-state index in [0.717, 1.165) is 90.3 Å². The molecule has 18 heterocycles. The Labute approximate surface area is 871 Å². The van der Waals surface area contributed by atoms with Crippen LogP contribution in [0.4, 0.5) is 46.5 Å². The van der Waals surface area contributed by atoms with Gasteiger partial charge in [0.2, 0.25) is 21.7 Å². The van der Waals surface area contributed by atoms with Gasteiger partial charge in [-0.05, 0) is 80.9 Å². The number of hydrogen-bond acceptors (Lipinski definition) is 28. The van der Waals surface area contributed by atoms with E-state index in [-0.39, 0.29) is 71.3 Å². The van der Waals surface area contributed by atoms with Crippen LogP contribution in [0, 0.1) is 46.5 Å². The van der Waals surface area contributed by atoms with E-state index in [1.165, 1.54) is 90.4 Å². The van der Waals surface area contributed by atoms with E-state index < -0.39 is 176 Å². The Balaban J connectivity index is 0.000000104. The van der Waals surface area contributed by atoms with Crippen molar-refractivity contribution in [1.29, 1.82) is 0 Å². The number of carbonyl (C=O) groups is 4. The van der Waals surface area contributed by atoms with Gasteiger partial charge in [-0.3, -0.25) is 77.1 Å². The van der Waals surface area contributed by atoms with Gasteiger partial charge in [0, 0.05) is 179 Å². The fourth-order valence-electron chi connectivity index (χ4n) is 23.7. The Morgan fingerprint density at radius 2 is 0.607 bits per heavy atom. The molecule has 0 spiro atoms. The zero-order valence-corrected chi connectivity index (χ0v) is 83.5. The molecule has 14 aliphatic rings. The van der Waals surface area contributed by atoms with E-state index in [1.54, 1.807) is 102 Å². The molecule has 6 aromatic heterocycles. The number of nitrogens with zero attached hydrogens (tertiary/aromatic N) is 16. The zero-order chi connectivity index (χ0) is 103. The van der Waals surface area contributed by atoms with Gasteiger partial charge < -0.3 is 59.3 Å². The molecule has 4 amide bonds. The molecule has 6 saturated heterocycles. The van der Waals surface area contributed by atoms with E-state index in [1.807, 2.05) is 117 Å². The Kier molecular flexibility index (Phi) is 24.3. The number of amides is 4. The third kappa shape index (κ3) is 15.0. The molecule has 0 radical (unpaired) electrons. The van der Waals surface area contributed by atoms with E-state index in [9.17, 15) is 76.3 Å². The van der Waals surface area contributed by atoms with Crippen molar-refractivity contribution in [2.75, 3.05) is 142 Å². The Bertz CT molecular complexity index is 7820. The maximum Gasteiger partial charge on any atom is 0.278 e. The second-order valence-corrected chi connectivity index (χ2v) is 43.8. The van der Waals surface area contributed by atoms with Crippen LogP contribution in [-0.4, -0.2) is 229 Å². The highest BCUT2D eigenvalue weighted by Crippen LogP contribution is 2.57. The number of pyridine rings is 4. The third-order valence-corrected chi connectivity index (χ3v) is 35.9. The molecule has 6 fully saturated rings. The summed E-state index contributed by atoms with van der Waals surface area (Å²) in [4.78, 5) is 125. The lowest BCUT2D eigenvalue weighted by atomic mass is 9.91. The lowest BCUT2D eigenvalue weighted by Gasteiger charge is -2.51. The number of fused-ring (bicyclic) bond motifs is 28. The van der Waals surface area contributed by atoms with Crippen LogP contribution in [0.3, 0.4) is 0 Å². The zero-order valence-electron chi connectivity index (χ0n) is 78.6. The van der Waals surface area contributed by atoms with E-state index >= 15 is 17.6 Å². The standard InChI is InChI=1S/2C27H24F2N4O4S.2C26H18F2N4O3S2/c2*28-17-6-5-16-22(23(17)29)19-14-38-12-10-30(19)18-4-2-1-3-15(18)24(16)33-21-13-37-11-9-31(21)27(36)25-26(35)20(34)7-8-32(25)33;2*27-16-6-5-15-19(20(16)28)21-25(37-12-29-21)14-4-2-1-3-13(14)22(15)32-18-11-36-10-9-30(18)26(35)23-24(34)17(33)7-8-31(23)32/h2*1-8,19,21,24,35H,9-14H2;2*1-8,12,18,22,34H,9-11H2/t19?,21-,24-;;18-,22-;/m1.1./s1. The number of ether oxygens (including phenoxy) is 2. The smallest absolute Gasteiger partial charge is 0.278 e. The van der Waals surface area contributed by atoms with E-state index in [0.29, 0.717) is 108 Å². The number of halogens is 8. The molecule has 2 aliphatic carbocycles. The van der Waals surface area contributed by atoms with Crippen molar-refractivity contribution in [2.45, 2.75) is 60.9 Å². The summed E-state index contributed by atoms with van der Waals surface area (Å²) in [6, 6.07) is 42.9. The molecule has 0 bridgehead atoms. The first-order valence-electron chi connectivity index (χ1n) is 48.2. The highest BCUT2D eigenvalue weighted by atomic mass is 32.2. The molecule has 0 saturated carbocycles. The summed E-state index contributed by atoms with van der Waals surface area (Å²) in [5, 5.41) is 50.5. The van der Waals surface area contributed by atoms with Gasteiger partial charge in [-0.2, -0.15) is 47.0 Å². The van der Waals surface area contributed by atoms with Crippen molar-refractivity contribution in [2.24, 2.45) is 0 Å². The van der Waals surface area contributed by atoms with Crippen LogP contribution >= 0.6 is 69.7 Å². The number of rotatable bonds is 4. The number of hydrogen-bond donors (Lipinski definition) is 4. The van der Waals surface area contributed by atoms with Gasteiger partial charge in [0.05, 0.1) is 82.8 Å².